The van der Waals surface area contributed by atoms with Crippen molar-refractivity contribution >= 4 is 23.1 Å². The van der Waals surface area contributed by atoms with Crippen molar-refractivity contribution in [3.8, 4) is 6.07 Å². The summed E-state index contributed by atoms with van der Waals surface area (Å²) < 4.78 is 0. The zero-order valence-electron chi connectivity index (χ0n) is 11.0. The Morgan fingerprint density at radius 3 is 2.60 bits per heavy atom. The minimum absolute atomic E-state index is 0.287. The number of carbonyl (C=O) groups excluding carboxylic acids is 1. The molecule has 0 saturated carbocycles. The second-order valence-corrected chi connectivity index (χ2v) is 4.27. The van der Waals surface area contributed by atoms with E-state index >= 15 is 0 Å². The Bertz CT molecular complexity index is 658. The van der Waals surface area contributed by atoms with Gasteiger partial charge >= 0.3 is 6.03 Å². The smallest absolute Gasteiger partial charge is 0.326 e. The predicted octanol–water partition coefficient (Wildman–Crippen LogP) is 2.81. The van der Waals surface area contributed by atoms with E-state index in [2.05, 4.69) is 5.32 Å². The van der Waals surface area contributed by atoms with Crippen LogP contribution in [0.4, 0.5) is 21.9 Å². The number of hydrogen-bond donors (Lipinski definition) is 2. The molecule has 0 atom stereocenters. The average Bonchev–Trinajstić information content (AvgIpc) is 2.48. The summed E-state index contributed by atoms with van der Waals surface area (Å²) in [5.74, 6) is 0. The molecule has 0 saturated heterocycles. The average molecular weight is 266 g/mol. The number of nitrogen functional groups attached to an aromatic ring is 1. The number of nitrogens with one attached hydrogen (secondary N) is 1. The van der Waals surface area contributed by atoms with Gasteiger partial charge in [0.15, 0.2) is 0 Å². The number of anilines is 3. The molecule has 0 aliphatic rings. The maximum Gasteiger partial charge on any atom is 0.326 e. The van der Waals surface area contributed by atoms with Gasteiger partial charge in [-0.05, 0) is 42.5 Å². The SMILES string of the molecule is CN(C(=O)Nc1ccc(N)cc1)c1cccc(C#N)c1. The Balaban J connectivity index is 2.12. The van der Waals surface area contributed by atoms with Crippen LogP contribution < -0.4 is 16.0 Å². The molecule has 0 aliphatic carbocycles. The first-order valence-electron chi connectivity index (χ1n) is 6.00. The van der Waals surface area contributed by atoms with E-state index in [4.69, 9.17) is 11.0 Å². The first-order valence-corrected chi connectivity index (χ1v) is 6.00. The molecule has 20 heavy (non-hydrogen) atoms. The summed E-state index contributed by atoms with van der Waals surface area (Å²) in [7, 11) is 1.64. The number of hydrogen-bond acceptors (Lipinski definition) is 3. The number of nitrogens with two attached hydrogens (primary N) is 1. The van der Waals surface area contributed by atoms with Gasteiger partial charge in [-0.25, -0.2) is 4.79 Å². The summed E-state index contributed by atoms with van der Waals surface area (Å²) in [6.45, 7) is 0. The molecule has 0 radical (unpaired) electrons. The van der Waals surface area contributed by atoms with E-state index in [0.29, 0.717) is 22.6 Å². The van der Waals surface area contributed by atoms with Gasteiger partial charge in [-0.3, -0.25) is 4.90 Å². The van der Waals surface area contributed by atoms with Crippen LogP contribution in [0.15, 0.2) is 48.5 Å². The lowest BCUT2D eigenvalue weighted by Crippen LogP contribution is -2.31. The first kappa shape index (κ1) is 13.4. The third kappa shape index (κ3) is 3.06. The van der Waals surface area contributed by atoms with Crippen LogP contribution in [0.5, 0.6) is 0 Å². The lowest BCUT2D eigenvalue weighted by molar-refractivity contribution is 0.258. The maximum atomic E-state index is 12.1. The summed E-state index contributed by atoms with van der Waals surface area (Å²) in [6.07, 6.45) is 0. The second kappa shape index (κ2) is 5.76. The molecule has 5 nitrogen and oxygen atoms in total. The van der Waals surface area contributed by atoms with Crippen LogP contribution >= 0.6 is 0 Å². The van der Waals surface area contributed by atoms with Gasteiger partial charge in [-0.2, -0.15) is 5.26 Å². The number of carbonyl (C=O) groups is 1. The monoisotopic (exact) mass is 266 g/mol. The van der Waals surface area contributed by atoms with E-state index in [1.807, 2.05) is 6.07 Å². The Labute approximate surface area is 117 Å². The van der Waals surface area contributed by atoms with Gasteiger partial charge in [-0.15, -0.1) is 0 Å². The zero-order chi connectivity index (χ0) is 14.5. The van der Waals surface area contributed by atoms with Crippen molar-refractivity contribution in [3.63, 3.8) is 0 Å². The van der Waals surface area contributed by atoms with Crippen LogP contribution in [0.3, 0.4) is 0 Å². The molecular weight excluding hydrogens is 252 g/mol. The highest BCUT2D eigenvalue weighted by atomic mass is 16.2. The Morgan fingerprint density at radius 2 is 1.95 bits per heavy atom. The molecule has 5 heteroatoms. The predicted molar refractivity (Wildman–Crippen MR) is 79.4 cm³/mol. The van der Waals surface area contributed by atoms with Crippen molar-refractivity contribution in [2.45, 2.75) is 0 Å². The second-order valence-electron chi connectivity index (χ2n) is 4.27. The molecule has 0 bridgehead atoms. The Kier molecular flexibility index (Phi) is 3.87. The zero-order valence-corrected chi connectivity index (χ0v) is 11.0. The minimum Gasteiger partial charge on any atom is -0.399 e. The quantitative estimate of drug-likeness (QED) is 0.820. The first-order chi connectivity index (χ1) is 9.60. The fourth-order valence-corrected chi connectivity index (χ4v) is 1.68. The van der Waals surface area contributed by atoms with E-state index in [0.717, 1.165) is 0 Å². The number of urea groups is 1. The summed E-state index contributed by atoms with van der Waals surface area (Å²) in [6, 6.07) is 15.5. The van der Waals surface area contributed by atoms with Gasteiger partial charge in [0.1, 0.15) is 0 Å². The van der Waals surface area contributed by atoms with Crippen LogP contribution in [-0.4, -0.2) is 13.1 Å². The highest BCUT2D eigenvalue weighted by Gasteiger charge is 2.11. The summed E-state index contributed by atoms with van der Waals surface area (Å²) >= 11 is 0. The van der Waals surface area contributed by atoms with Crippen molar-refractivity contribution in [1.29, 1.82) is 5.26 Å². The van der Waals surface area contributed by atoms with Gasteiger partial charge < -0.3 is 11.1 Å². The fourth-order valence-electron chi connectivity index (χ4n) is 1.68. The number of nitriles is 1. The van der Waals surface area contributed by atoms with E-state index in [9.17, 15) is 4.79 Å². The van der Waals surface area contributed by atoms with Gasteiger partial charge in [0.25, 0.3) is 0 Å². The molecule has 0 spiro atoms. The lowest BCUT2D eigenvalue weighted by Gasteiger charge is -2.18. The normalized spacial score (nSPS) is 9.60. The standard InChI is InChI=1S/C15H14N4O/c1-19(14-4-2-3-11(9-14)10-16)15(20)18-13-7-5-12(17)6-8-13/h2-9H,17H2,1H3,(H,18,20). The van der Waals surface area contributed by atoms with Crippen LogP contribution in [0.2, 0.25) is 0 Å². The molecule has 2 aromatic carbocycles. The van der Waals surface area contributed by atoms with Gasteiger partial charge in [0.05, 0.1) is 11.6 Å². The van der Waals surface area contributed by atoms with Gasteiger partial charge in [-0.1, -0.05) is 6.07 Å². The van der Waals surface area contributed by atoms with Crippen LogP contribution in [0, 0.1) is 11.3 Å². The molecule has 0 heterocycles. The lowest BCUT2D eigenvalue weighted by atomic mass is 10.2. The van der Waals surface area contributed by atoms with E-state index in [-0.39, 0.29) is 6.03 Å². The van der Waals surface area contributed by atoms with Crippen molar-refractivity contribution in [1.82, 2.24) is 0 Å². The molecular formula is C15H14N4O. The van der Waals surface area contributed by atoms with E-state index < -0.39 is 0 Å². The molecule has 0 fully saturated rings. The van der Waals surface area contributed by atoms with Crippen molar-refractivity contribution in [2.24, 2.45) is 0 Å². The molecule has 2 amide bonds. The van der Waals surface area contributed by atoms with E-state index in [1.165, 1.54) is 4.90 Å². The molecule has 3 N–H and O–H groups in total. The molecule has 2 aromatic rings. The third-order valence-electron chi connectivity index (χ3n) is 2.83. The van der Waals surface area contributed by atoms with Gasteiger partial charge in [0.2, 0.25) is 0 Å². The molecule has 2 rings (SSSR count). The van der Waals surface area contributed by atoms with Crippen molar-refractivity contribution in [3.05, 3.63) is 54.1 Å². The molecule has 100 valence electrons. The number of rotatable bonds is 2. The molecule has 0 unspecified atom stereocenters. The highest BCUT2D eigenvalue weighted by molar-refractivity contribution is 6.01. The minimum atomic E-state index is -0.287. The van der Waals surface area contributed by atoms with Gasteiger partial charge in [0, 0.05) is 24.1 Å². The Morgan fingerprint density at radius 1 is 1.25 bits per heavy atom. The molecule has 0 aromatic heterocycles. The number of nitrogens with zero attached hydrogens (tertiary/aromatic N) is 2. The Hall–Kier alpha value is -3.00. The summed E-state index contributed by atoms with van der Waals surface area (Å²) in [5, 5.41) is 11.6. The topological polar surface area (TPSA) is 82.2 Å². The highest BCUT2D eigenvalue weighted by Crippen LogP contribution is 2.16. The maximum absolute atomic E-state index is 12.1. The van der Waals surface area contributed by atoms with Crippen molar-refractivity contribution in [2.75, 3.05) is 23.0 Å². The van der Waals surface area contributed by atoms with Crippen LogP contribution in [-0.2, 0) is 0 Å². The van der Waals surface area contributed by atoms with Crippen LogP contribution in [0.1, 0.15) is 5.56 Å². The summed E-state index contributed by atoms with van der Waals surface area (Å²) in [5.41, 5.74) is 8.04. The van der Waals surface area contributed by atoms with Crippen molar-refractivity contribution < 1.29 is 4.79 Å². The largest absolute Gasteiger partial charge is 0.399 e. The fraction of sp³-hybridized carbons (Fsp3) is 0.0667. The third-order valence-corrected chi connectivity index (χ3v) is 2.83. The van der Waals surface area contributed by atoms with E-state index in [1.54, 1.807) is 55.6 Å². The van der Waals surface area contributed by atoms with Crippen LogP contribution in [0.25, 0.3) is 0 Å². The molecule has 0 aliphatic heterocycles. The number of amides is 2. The summed E-state index contributed by atoms with van der Waals surface area (Å²) in [4.78, 5) is 13.5. The number of benzene rings is 2.